The Morgan fingerprint density at radius 3 is 2.92 bits per heavy atom. The molecule has 0 N–H and O–H groups in total. The van der Waals surface area contributed by atoms with Crippen LogP contribution >= 0.6 is 11.3 Å². The van der Waals surface area contributed by atoms with Gasteiger partial charge in [0.2, 0.25) is 0 Å². The summed E-state index contributed by atoms with van der Waals surface area (Å²) in [5.41, 5.74) is 1.04. The highest BCUT2D eigenvalue weighted by atomic mass is 32.1. The van der Waals surface area contributed by atoms with Gasteiger partial charge in [-0.05, 0) is 12.1 Å². The van der Waals surface area contributed by atoms with Crippen molar-refractivity contribution in [2.45, 2.75) is 6.10 Å². The summed E-state index contributed by atoms with van der Waals surface area (Å²) < 4.78 is 1.20. The Kier molecular flexibility index (Phi) is 1.58. The molecule has 0 aliphatic carbocycles. The minimum atomic E-state index is 0.0531. The maximum absolute atomic E-state index is 4.89. The SMILES string of the molecule is c1ccc2sc(C3COO3)nc2c1. The summed E-state index contributed by atoms with van der Waals surface area (Å²) in [5.74, 6) is 0. The molecule has 2 aromatic rings. The summed E-state index contributed by atoms with van der Waals surface area (Å²) in [7, 11) is 0. The number of hydrogen-bond donors (Lipinski definition) is 0. The van der Waals surface area contributed by atoms with Crippen molar-refractivity contribution in [2.24, 2.45) is 0 Å². The Bertz CT molecular complexity index is 403. The van der Waals surface area contributed by atoms with Gasteiger partial charge in [0.25, 0.3) is 0 Å². The van der Waals surface area contributed by atoms with Gasteiger partial charge in [-0.15, -0.1) is 11.3 Å². The van der Waals surface area contributed by atoms with E-state index in [2.05, 4.69) is 15.9 Å². The number of hydrogen-bond acceptors (Lipinski definition) is 4. The highest BCUT2D eigenvalue weighted by Crippen LogP contribution is 2.32. The summed E-state index contributed by atoms with van der Waals surface area (Å²) in [4.78, 5) is 14.0. The summed E-state index contributed by atoms with van der Waals surface area (Å²) in [6.45, 7) is 0.625. The summed E-state index contributed by atoms with van der Waals surface area (Å²) in [6, 6.07) is 8.08. The zero-order chi connectivity index (χ0) is 8.67. The van der Waals surface area contributed by atoms with Crippen molar-refractivity contribution in [3.05, 3.63) is 29.3 Å². The van der Waals surface area contributed by atoms with E-state index in [9.17, 15) is 0 Å². The van der Waals surface area contributed by atoms with Crippen LogP contribution in [-0.4, -0.2) is 11.6 Å². The molecule has 1 saturated heterocycles. The Labute approximate surface area is 78.9 Å². The van der Waals surface area contributed by atoms with Crippen molar-refractivity contribution in [3.63, 3.8) is 0 Å². The highest BCUT2D eigenvalue weighted by molar-refractivity contribution is 7.18. The lowest BCUT2D eigenvalue weighted by Gasteiger charge is -2.21. The van der Waals surface area contributed by atoms with Gasteiger partial charge in [0.15, 0.2) is 6.10 Å². The number of fused-ring (bicyclic) bond motifs is 1. The molecule has 4 heteroatoms. The minimum absolute atomic E-state index is 0.0531. The Balaban J connectivity index is 2.10. The van der Waals surface area contributed by atoms with Gasteiger partial charge in [0, 0.05) is 0 Å². The number of nitrogens with zero attached hydrogens (tertiary/aromatic N) is 1. The summed E-state index contributed by atoms with van der Waals surface area (Å²) in [5, 5.41) is 1.01. The Morgan fingerprint density at radius 2 is 2.23 bits per heavy atom. The normalized spacial score (nSPS) is 21.7. The van der Waals surface area contributed by atoms with Crippen LogP contribution in [0.4, 0.5) is 0 Å². The molecule has 0 amide bonds. The maximum atomic E-state index is 4.89. The fourth-order valence-corrected chi connectivity index (χ4v) is 2.25. The predicted molar refractivity (Wildman–Crippen MR) is 49.4 cm³/mol. The van der Waals surface area contributed by atoms with Crippen LogP contribution in [0.5, 0.6) is 0 Å². The molecular formula is C9H7NO2S. The average molecular weight is 193 g/mol. The fraction of sp³-hybridized carbons (Fsp3) is 0.222. The van der Waals surface area contributed by atoms with Crippen LogP contribution in [-0.2, 0) is 9.78 Å². The minimum Gasteiger partial charge on any atom is -0.238 e. The van der Waals surface area contributed by atoms with Crippen LogP contribution in [0.25, 0.3) is 10.2 Å². The van der Waals surface area contributed by atoms with Gasteiger partial charge in [-0.1, -0.05) is 12.1 Å². The van der Waals surface area contributed by atoms with E-state index in [1.54, 1.807) is 11.3 Å². The number of rotatable bonds is 1. The van der Waals surface area contributed by atoms with Gasteiger partial charge in [-0.25, -0.2) is 14.8 Å². The van der Waals surface area contributed by atoms with Crippen molar-refractivity contribution >= 4 is 21.6 Å². The molecule has 3 rings (SSSR count). The molecule has 1 aromatic carbocycles. The zero-order valence-electron chi connectivity index (χ0n) is 6.77. The first-order valence-corrected chi connectivity index (χ1v) is 4.89. The number of thiazole rings is 1. The molecule has 1 unspecified atom stereocenters. The molecular weight excluding hydrogens is 186 g/mol. The van der Waals surface area contributed by atoms with Crippen molar-refractivity contribution in [3.8, 4) is 0 Å². The van der Waals surface area contributed by atoms with E-state index >= 15 is 0 Å². The van der Waals surface area contributed by atoms with E-state index in [4.69, 9.17) is 4.89 Å². The second-order valence-electron chi connectivity index (χ2n) is 2.89. The van der Waals surface area contributed by atoms with Gasteiger partial charge in [0.1, 0.15) is 11.6 Å². The monoisotopic (exact) mass is 193 g/mol. The molecule has 0 saturated carbocycles. The lowest BCUT2D eigenvalue weighted by atomic mass is 10.3. The molecule has 1 atom stereocenters. The van der Waals surface area contributed by atoms with E-state index < -0.39 is 0 Å². The second-order valence-corrected chi connectivity index (χ2v) is 3.95. The number of para-hydroxylation sites is 1. The molecule has 2 heterocycles. The van der Waals surface area contributed by atoms with Crippen molar-refractivity contribution in [1.82, 2.24) is 4.98 Å². The van der Waals surface area contributed by atoms with Crippen LogP contribution in [0.3, 0.4) is 0 Å². The van der Waals surface area contributed by atoms with Crippen molar-refractivity contribution < 1.29 is 9.78 Å². The molecule has 13 heavy (non-hydrogen) atoms. The lowest BCUT2D eigenvalue weighted by molar-refractivity contribution is -0.429. The molecule has 0 radical (unpaired) electrons. The van der Waals surface area contributed by atoms with Gasteiger partial charge < -0.3 is 0 Å². The molecule has 0 bridgehead atoms. The first kappa shape index (κ1) is 7.44. The van der Waals surface area contributed by atoms with E-state index in [0.717, 1.165) is 10.5 Å². The van der Waals surface area contributed by atoms with Crippen LogP contribution in [0, 0.1) is 0 Å². The molecule has 1 aliphatic heterocycles. The Hall–Kier alpha value is -0.970. The molecule has 1 aliphatic rings. The smallest absolute Gasteiger partial charge is 0.171 e. The molecule has 3 nitrogen and oxygen atoms in total. The quantitative estimate of drug-likeness (QED) is 0.651. The largest absolute Gasteiger partial charge is 0.238 e. The van der Waals surface area contributed by atoms with Gasteiger partial charge in [0.05, 0.1) is 10.2 Å². The van der Waals surface area contributed by atoms with Crippen molar-refractivity contribution in [2.75, 3.05) is 6.61 Å². The second kappa shape index (κ2) is 2.77. The molecule has 66 valence electrons. The highest BCUT2D eigenvalue weighted by Gasteiger charge is 2.26. The summed E-state index contributed by atoms with van der Waals surface area (Å²) >= 11 is 1.67. The van der Waals surface area contributed by atoms with Gasteiger partial charge in [-0.2, -0.15) is 0 Å². The van der Waals surface area contributed by atoms with E-state index in [-0.39, 0.29) is 6.10 Å². The van der Waals surface area contributed by atoms with Crippen LogP contribution in [0.15, 0.2) is 24.3 Å². The third-order valence-corrected chi connectivity index (χ3v) is 3.12. The van der Waals surface area contributed by atoms with Gasteiger partial charge in [-0.3, -0.25) is 0 Å². The molecule has 1 aromatic heterocycles. The number of benzene rings is 1. The first-order chi connectivity index (χ1) is 6.43. The zero-order valence-corrected chi connectivity index (χ0v) is 7.58. The standard InChI is InChI=1S/C9H7NO2S/c1-2-4-8-6(3-1)10-9(13-8)7-5-11-12-7/h1-4,7H,5H2. The van der Waals surface area contributed by atoms with E-state index in [1.807, 2.05) is 18.2 Å². The Morgan fingerprint density at radius 1 is 1.38 bits per heavy atom. The first-order valence-electron chi connectivity index (χ1n) is 4.07. The maximum Gasteiger partial charge on any atom is 0.171 e. The third kappa shape index (κ3) is 1.14. The van der Waals surface area contributed by atoms with E-state index in [1.165, 1.54) is 4.70 Å². The fourth-order valence-electron chi connectivity index (χ4n) is 1.28. The lowest BCUT2D eigenvalue weighted by Crippen LogP contribution is -2.21. The third-order valence-electron chi connectivity index (χ3n) is 1.99. The molecule has 1 fully saturated rings. The molecule has 0 spiro atoms. The van der Waals surface area contributed by atoms with Crippen LogP contribution < -0.4 is 0 Å². The van der Waals surface area contributed by atoms with Gasteiger partial charge >= 0.3 is 0 Å². The van der Waals surface area contributed by atoms with E-state index in [0.29, 0.717) is 6.61 Å². The van der Waals surface area contributed by atoms with Crippen LogP contribution in [0.1, 0.15) is 11.1 Å². The number of aromatic nitrogens is 1. The topological polar surface area (TPSA) is 31.4 Å². The van der Waals surface area contributed by atoms with Crippen molar-refractivity contribution in [1.29, 1.82) is 0 Å². The average Bonchev–Trinajstić information content (AvgIpc) is 2.43. The predicted octanol–water partition coefficient (Wildman–Crippen LogP) is 2.30. The summed E-state index contributed by atoms with van der Waals surface area (Å²) in [6.07, 6.45) is 0.0531. The van der Waals surface area contributed by atoms with Crippen LogP contribution in [0.2, 0.25) is 0 Å².